The van der Waals surface area contributed by atoms with E-state index in [1.165, 1.54) is 18.2 Å². The average molecular weight is 396 g/mol. The highest BCUT2D eigenvalue weighted by atomic mass is 35.5. The van der Waals surface area contributed by atoms with Crippen LogP contribution in [0.1, 0.15) is 11.3 Å². The molecule has 0 spiro atoms. The first-order valence-electron chi connectivity index (χ1n) is 7.79. The first-order valence-corrected chi connectivity index (χ1v) is 8.17. The van der Waals surface area contributed by atoms with Crippen LogP contribution in [-0.2, 0) is 17.5 Å². The van der Waals surface area contributed by atoms with Crippen molar-refractivity contribution in [3.63, 3.8) is 0 Å². The Balaban J connectivity index is 2.02. The topological polar surface area (TPSA) is 64.0 Å². The molecule has 1 heterocycles. The van der Waals surface area contributed by atoms with E-state index < -0.39 is 29.9 Å². The number of halogens is 4. The lowest BCUT2D eigenvalue weighted by atomic mass is 10.2. The number of aryl methyl sites for hydroxylation is 1. The molecule has 0 radical (unpaired) electrons. The summed E-state index contributed by atoms with van der Waals surface area (Å²) >= 11 is 5.86. The third kappa shape index (κ3) is 3.95. The van der Waals surface area contributed by atoms with Gasteiger partial charge in [-0.25, -0.2) is 4.98 Å². The molecule has 5 nitrogen and oxygen atoms in total. The van der Waals surface area contributed by atoms with Gasteiger partial charge in [0.2, 0.25) is 11.6 Å². The second-order valence-corrected chi connectivity index (χ2v) is 6.28. The molecule has 0 aliphatic heterocycles. The summed E-state index contributed by atoms with van der Waals surface area (Å²) in [6, 6.07) is 10.6. The van der Waals surface area contributed by atoms with E-state index in [1.54, 1.807) is 31.2 Å². The van der Waals surface area contributed by atoms with E-state index in [9.17, 15) is 22.8 Å². The minimum absolute atomic E-state index is 0.0279. The van der Waals surface area contributed by atoms with Crippen molar-refractivity contribution in [2.24, 2.45) is 0 Å². The van der Waals surface area contributed by atoms with Crippen LogP contribution in [0.25, 0.3) is 11.0 Å². The highest BCUT2D eigenvalue weighted by Crippen LogP contribution is 2.26. The number of para-hydroxylation sites is 2. The molecule has 140 valence electrons. The highest BCUT2D eigenvalue weighted by Gasteiger charge is 2.37. The van der Waals surface area contributed by atoms with Crippen molar-refractivity contribution < 1.29 is 18.0 Å². The molecule has 3 rings (SSSR count). The van der Waals surface area contributed by atoms with Crippen molar-refractivity contribution in [1.29, 1.82) is 0 Å². The lowest BCUT2D eigenvalue weighted by molar-refractivity contribution is -0.142. The Morgan fingerprint density at radius 2 is 1.93 bits per heavy atom. The maximum Gasteiger partial charge on any atom is 0.438 e. The van der Waals surface area contributed by atoms with Gasteiger partial charge in [-0.3, -0.25) is 14.2 Å². The van der Waals surface area contributed by atoms with Crippen LogP contribution in [-0.4, -0.2) is 15.5 Å². The molecule has 0 bridgehead atoms. The summed E-state index contributed by atoms with van der Waals surface area (Å²) in [6.07, 6.45) is -4.92. The SMILES string of the molecule is Cc1cc(Cl)ccc1NC(=O)Cn1c(=O)c(C(F)(F)F)nc2ccccc21. The van der Waals surface area contributed by atoms with Crippen molar-refractivity contribution in [3.8, 4) is 0 Å². The molecule has 1 N–H and O–H groups in total. The summed E-state index contributed by atoms with van der Waals surface area (Å²) in [5.74, 6) is -0.646. The molecule has 9 heteroatoms. The van der Waals surface area contributed by atoms with E-state index in [-0.39, 0.29) is 11.0 Å². The molecule has 2 aromatic carbocycles. The quantitative estimate of drug-likeness (QED) is 0.728. The van der Waals surface area contributed by atoms with Gasteiger partial charge >= 0.3 is 6.18 Å². The van der Waals surface area contributed by atoms with Crippen LogP contribution in [0.3, 0.4) is 0 Å². The van der Waals surface area contributed by atoms with E-state index >= 15 is 0 Å². The van der Waals surface area contributed by atoms with Crippen LogP contribution in [0.4, 0.5) is 18.9 Å². The Morgan fingerprint density at radius 1 is 1.22 bits per heavy atom. The Hall–Kier alpha value is -2.87. The number of rotatable bonds is 3. The first kappa shape index (κ1) is 18.9. The lowest BCUT2D eigenvalue weighted by Gasteiger charge is -2.14. The summed E-state index contributed by atoms with van der Waals surface area (Å²) in [5.41, 5.74) is -1.69. The molecule has 3 aromatic rings. The summed E-state index contributed by atoms with van der Waals surface area (Å²) in [4.78, 5) is 28.1. The third-order valence-corrected chi connectivity index (χ3v) is 4.12. The number of aromatic nitrogens is 2. The van der Waals surface area contributed by atoms with Crippen LogP contribution in [0, 0.1) is 6.92 Å². The maximum absolute atomic E-state index is 13.1. The van der Waals surface area contributed by atoms with E-state index in [0.29, 0.717) is 16.3 Å². The fourth-order valence-corrected chi connectivity index (χ4v) is 2.86. The van der Waals surface area contributed by atoms with E-state index in [4.69, 9.17) is 11.6 Å². The fourth-order valence-electron chi connectivity index (χ4n) is 2.63. The molecule has 1 amide bonds. The first-order chi connectivity index (χ1) is 12.7. The van der Waals surface area contributed by atoms with Crippen molar-refractivity contribution in [2.45, 2.75) is 19.6 Å². The Bertz CT molecular complexity index is 1090. The van der Waals surface area contributed by atoms with Crippen molar-refractivity contribution in [1.82, 2.24) is 9.55 Å². The van der Waals surface area contributed by atoms with E-state index in [1.807, 2.05) is 0 Å². The number of hydrogen-bond donors (Lipinski definition) is 1. The number of hydrogen-bond acceptors (Lipinski definition) is 3. The molecule has 0 saturated carbocycles. The van der Waals surface area contributed by atoms with Crippen molar-refractivity contribution in [3.05, 3.63) is 69.1 Å². The predicted molar refractivity (Wildman–Crippen MR) is 95.8 cm³/mol. The molecule has 27 heavy (non-hydrogen) atoms. The largest absolute Gasteiger partial charge is 0.438 e. The summed E-state index contributed by atoms with van der Waals surface area (Å²) in [5, 5.41) is 3.06. The zero-order chi connectivity index (χ0) is 19.8. The minimum Gasteiger partial charge on any atom is -0.324 e. The number of nitrogens with one attached hydrogen (secondary N) is 1. The van der Waals surface area contributed by atoms with E-state index in [2.05, 4.69) is 10.3 Å². The molecule has 1 aromatic heterocycles. The molecule has 0 aliphatic rings. The summed E-state index contributed by atoms with van der Waals surface area (Å²) < 4.78 is 40.2. The molecule has 0 unspecified atom stereocenters. The zero-order valence-corrected chi connectivity index (χ0v) is 14.7. The van der Waals surface area contributed by atoms with Crippen LogP contribution in [0.2, 0.25) is 5.02 Å². The minimum atomic E-state index is -4.92. The fraction of sp³-hybridized carbons (Fsp3) is 0.167. The molecular formula is C18H13ClF3N3O2. The molecule has 0 atom stereocenters. The number of amides is 1. The summed E-state index contributed by atoms with van der Waals surface area (Å²) in [7, 11) is 0. The number of benzene rings is 2. The predicted octanol–water partition coefficient (Wildman–Crippen LogP) is 4.02. The van der Waals surface area contributed by atoms with E-state index in [0.717, 1.165) is 4.57 Å². The van der Waals surface area contributed by atoms with Crippen LogP contribution in [0.5, 0.6) is 0 Å². The van der Waals surface area contributed by atoms with Crippen LogP contribution < -0.4 is 10.9 Å². The van der Waals surface area contributed by atoms with Gasteiger partial charge in [-0.05, 0) is 42.8 Å². The average Bonchev–Trinajstić information content (AvgIpc) is 2.58. The Kier molecular flexibility index (Phi) is 4.93. The number of alkyl halides is 3. The van der Waals surface area contributed by atoms with Gasteiger partial charge in [0.1, 0.15) is 6.54 Å². The van der Waals surface area contributed by atoms with Crippen LogP contribution >= 0.6 is 11.6 Å². The van der Waals surface area contributed by atoms with Gasteiger partial charge in [0.05, 0.1) is 11.0 Å². The number of carbonyl (C=O) groups excluding carboxylic acids is 1. The van der Waals surface area contributed by atoms with Gasteiger partial charge in [0.15, 0.2) is 0 Å². The molecule has 0 fully saturated rings. The van der Waals surface area contributed by atoms with Gasteiger partial charge in [0, 0.05) is 10.7 Å². The van der Waals surface area contributed by atoms with Gasteiger partial charge < -0.3 is 5.32 Å². The zero-order valence-electron chi connectivity index (χ0n) is 14.0. The molecule has 0 saturated heterocycles. The normalized spacial score (nSPS) is 11.6. The smallest absolute Gasteiger partial charge is 0.324 e. The maximum atomic E-state index is 13.1. The number of nitrogens with zero attached hydrogens (tertiary/aromatic N) is 2. The second-order valence-electron chi connectivity index (χ2n) is 5.85. The standard InChI is InChI=1S/C18H13ClF3N3O2/c1-10-8-11(19)6-7-12(10)23-15(26)9-25-14-5-3-2-4-13(14)24-16(17(25)27)18(20,21)22/h2-8H,9H2,1H3,(H,23,26). The molecule has 0 aliphatic carbocycles. The third-order valence-electron chi connectivity index (χ3n) is 3.89. The number of fused-ring (bicyclic) bond motifs is 1. The van der Waals surface area contributed by atoms with Crippen molar-refractivity contribution in [2.75, 3.05) is 5.32 Å². The highest BCUT2D eigenvalue weighted by molar-refractivity contribution is 6.30. The summed E-state index contributed by atoms with van der Waals surface area (Å²) in [6.45, 7) is 1.13. The van der Waals surface area contributed by atoms with Gasteiger partial charge in [0.25, 0.3) is 5.56 Å². The number of anilines is 1. The van der Waals surface area contributed by atoms with Gasteiger partial charge in [-0.2, -0.15) is 13.2 Å². The lowest BCUT2D eigenvalue weighted by Crippen LogP contribution is -2.34. The van der Waals surface area contributed by atoms with Crippen molar-refractivity contribution >= 4 is 34.2 Å². The van der Waals surface area contributed by atoms with Gasteiger partial charge in [-0.15, -0.1) is 0 Å². The second kappa shape index (κ2) is 7.03. The molecular weight excluding hydrogens is 383 g/mol. The Morgan fingerprint density at radius 3 is 2.59 bits per heavy atom. The van der Waals surface area contributed by atoms with Crippen LogP contribution in [0.15, 0.2) is 47.3 Å². The van der Waals surface area contributed by atoms with Gasteiger partial charge in [-0.1, -0.05) is 23.7 Å². The monoisotopic (exact) mass is 395 g/mol. The Labute approximate surface area is 156 Å². The number of carbonyl (C=O) groups is 1.